The summed E-state index contributed by atoms with van der Waals surface area (Å²) in [6.07, 6.45) is 2.62. The molecule has 0 bridgehead atoms. The van der Waals surface area contributed by atoms with E-state index in [-0.39, 0.29) is 0 Å². The summed E-state index contributed by atoms with van der Waals surface area (Å²) < 4.78 is 5.46. The first-order chi connectivity index (χ1) is 6.76. The molecule has 0 amide bonds. The van der Waals surface area contributed by atoms with Crippen LogP contribution in [0.15, 0.2) is 30.5 Å². The Labute approximate surface area is 84.6 Å². The van der Waals surface area contributed by atoms with Gasteiger partial charge in [0.1, 0.15) is 12.4 Å². The molecule has 0 saturated carbocycles. The molecule has 0 saturated heterocycles. The number of pyridine rings is 1. The van der Waals surface area contributed by atoms with Crippen molar-refractivity contribution in [2.24, 2.45) is 5.73 Å². The summed E-state index contributed by atoms with van der Waals surface area (Å²) >= 11 is 0. The van der Waals surface area contributed by atoms with Gasteiger partial charge in [0.25, 0.3) is 0 Å². The van der Waals surface area contributed by atoms with Crippen molar-refractivity contribution < 1.29 is 4.74 Å². The standard InChI is InChI=1S/C11H16N2O/c1-3-9(2)8-14-11-5-4-10(6-12)13-7-11/h4-5,7H,2-3,6,8,12H2,1H3. The normalized spacial score (nSPS) is 9.86. The molecule has 0 radical (unpaired) electrons. The highest BCUT2D eigenvalue weighted by Gasteiger charge is 1.96. The van der Waals surface area contributed by atoms with Gasteiger partial charge in [-0.25, -0.2) is 0 Å². The van der Waals surface area contributed by atoms with E-state index in [0.29, 0.717) is 13.2 Å². The Morgan fingerprint density at radius 2 is 2.36 bits per heavy atom. The number of nitrogens with two attached hydrogens (primary N) is 1. The zero-order valence-corrected chi connectivity index (χ0v) is 8.49. The minimum atomic E-state index is 0.460. The Morgan fingerprint density at radius 3 is 2.86 bits per heavy atom. The van der Waals surface area contributed by atoms with Crippen molar-refractivity contribution in [2.45, 2.75) is 19.9 Å². The Kier molecular flexibility index (Phi) is 4.13. The molecule has 0 aliphatic carbocycles. The molecule has 3 nitrogen and oxygen atoms in total. The quantitative estimate of drug-likeness (QED) is 0.725. The summed E-state index contributed by atoms with van der Waals surface area (Å²) in [5.74, 6) is 0.761. The molecule has 0 unspecified atom stereocenters. The maximum atomic E-state index is 5.46. The Morgan fingerprint density at radius 1 is 1.57 bits per heavy atom. The fourth-order valence-electron chi connectivity index (χ4n) is 0.905. The highest BCUT2D eigenvalue weighted by atomic mass is 16.5. The molecule has 0 spiro atoms. The number of ether oxygens (including phenoxy) is 1. The minimum absolute atomic E-state index is 0.460. The Hall–Kier alpha value is -1.35. The molecule has 76 valence electrons. The van der Waals surface area contributed by atoms with Crippen molar-refractivity contribution >= 4 is 0 Å². The molecule has 1 aromatic heterocycles. The van der Waals surface area contributed by atoms with E-state index in [1.54, 1.807) is 6.20 Å². The summed E-state index contributed by atoms with van der Waals surface area (Å²) in [5, 5.41) is 0. The predicted molar refractivity (Wildman–Crippen MR) is 57.1 cm³/mol. The molecule has 1 aromatic rings. The summed E-state index contributed by atoms with van der Waals surface area (Å²) in [6.45, 7) is 6.93. The fourth-order valence-corrected chi connectivity index (χ4v) is 0.905. The summed E-state index contributed by atoms with van der Waals surface area (Å²) in [6, 6.07) is 3.74. The van der Waals surface area contributed by atoms with Crippen LogP contribution in [-0.4, -0.2) is 11.6 Å². The van der Waals surface area contributed by atoms with Gasteiger partial charge in [0.05, 0.1) is 11.9 Å². The average molecular weight is 192 g/mol. The summed E-state index contributed by atoms with van der Waals surface area (Å²) in [7, 11) is 0. The molecule has 0 aromatic carbocycles. The van der Waals surface area contributed by atoms with Crippen LogP contribution in [0.3, 0.4) is 0 Å². The fraction of sp³-hybridized carbons (Fsp3) is 0.364. The summed E-state index contributed by atoms with van der Waals surface area (Å²) in [5.41, 5.74) is 7.37. The van der Waals surface area contributed by atoms with E-state index in [9.17, 15) is 0 Å². The van der Waals surface area contributed by atoms with Crippen molar-refractivity contribution in [3.05, 3.63) is 36.2 Å². The first kappa shape index (κ1) is 10.7. The lowest BCUT2D eigenvalue weighted by atomic mass is 10.2. The average Bonchev–Trinajstić information content (AvgIpc) is 2.26. The maximum Gasteiger partial charge on any atom is 0.138 e. The van der Waals surface area contributed by atoms with Crippen molar-refractivity contribution in [2.75, 3.05) is 6.61 Å². The van der Waals surface area contributed by atoms with Crippen LogP contribution in [0, 0.1) is 0 Å². The van der Waals surface area contributed by atoms with Gasteiger partial charge in [-0.3, -0.25) is 4.98 Å². The van der Waals surface area contributed by atoms with Crippen molar-refractivity contribution in [1.29, 1.82) is 0 Å². The monoisotopic (exact) mass is 192 g/mol. The van der Waals surface area contributed by atoms with Crippen LogP contribution in [-0.2, 0) is 6.54 Å². The van der Waals surface area contributed by atoms with E-state index >= 15 is 0 Å². The van der Waals surface area contributed by atoms with Crippen LogP contribution in [0.2, 0.25) is 0 Å². The largest absolute Gasteiger partial charge is 0.488 e. The smallest absolute Gasteiger partial charge is 0.138 e. The van der Waals surface area contributed by atoms with E-state index < -0.39 is 0 Å². The van der Waals surface area contributed by atoms with Crippen LogP contribution in [0.4, 0.5) is 0 Å². The van der Waals surface area contributed by atoms with Gasteiger partial charge in [-0.15, -0.1) is 0 Å². The summed E-state index contributed by atoms with van der Waals surface area (Å²) in [4.78, 5) is 4.12. The van der Waals surface area contributed by atoms with Crippen molar-refractivity contribution in [1.82, 2.24) is 4.98 Å². The van der Waals surface area contributed by atoms with E-state index in [0.717, 1.165) is 23.4 Å². The SMILES string of the molecule is C=C(CC)COc1ccc(CN)nc1. The number of nitrogens with zero attached hydrogens (tertiary/aromatic N) is 1. The molecule has 1 rings (SSSR count). The number of aromatic nitrogens is 1. The first-order valence-electron chi connectivity index (χ1n) is 4.70. The van der Waals surface area contributed by atoms with Gasteiger partial charge in [0.2, 0.25) is 0 Å². The third-order valence-corrected chi connectivity index (χ3v) is 1.95. The molecule has 0 fully saturated rings. The third-order valence-electron chi connectivity index (χ3n) is 1.95. The zero-order valence-electron chi connectivity index (χ0n) is 8.49. The lowest BCUT2D eigenvalue weighted by Crippen LogP contribution is -2.02. The highest BCUT2D eigenvalue weighted by Crippen LogP contribution is 2.10. The predicted octanol–water partition coefficient (Wildman–Crippen LogP) is 1.89. The lowest BCUT2D eigenvalue weighted by molar-refractivity contribution is 0.347. The molecule has 14 heavy (non-hydrogen) atoms. The molecule has 3 heteroatoms. The molecule has 0 atom stereocenters. The second-order valence-corrected chi connectivity index (χ2v) is 3.08. The van der Waals surface area contributed by atoms with Gasteiger partial charge in [0.15, 0.2) is 0 Å². The van der Waals surface area contributed by atoms with Crippen molar-refractivity contribution in [3.8, 4) is 5.75 Å². The second kappa shape index (κ2) is 5.40. The molecular weight excluding hydrogens is 176 g/mol. The van der Waals surface area contributed by atoms with Gasteiger partial charge in [-0.1, -0.05) is 13.5 Å². The van der Waals surface area contributed by atoms with Gasteiger partial charge in [0, 0.05) is 6.54 Å². The molecule has 0 aliphatic rings. The number of hydrogen-bond donors (Lipinski definition) is 1. The van der Waals surface area contributed by atoms with Gasteiger partial charge < -0.3 is 10.5 Å². The molecule has 1 heterocycles. The van der Waals surface area contributed by atoms with Crippen LogP contribution in [0.5, 0.6) is 5.75 Å². The molecular formula is C11H16N2O. The number of rotatable bonds is 5. The Bertz CT molecular complexity index is 293. The van der Waals surface area contributed by atoms with Gasteiger partial charge in [-0.05, 0) is 24.1 Å². The molecule has 2 N–H and O–H groups in total. The number of hydrogen-bond acceptors (Lipinski definition) is 3. The van der Waals surface area contributed by atoms with E-state index in [2.05, 4.69) is 18.5 Å². The van der Waals surface area contributed by atoms with Crippen molar-refractivity contribution in [3.63, 3.8) is 0 Å². The Balaban J connectivity index is 2.47. The van der Waals surface area contributed by atoms with E-state index in [1.807, 2.05) is 12.1 Å². The van der Waals surface area contributed by atoms with Crippen LogP contribution >= 0.6 is 0 Å². The second-order valence-electron chi connectivity index (χ2n) is 3.08. The topological polar surface area (TPSA) is 48.1 Å². The lowest BCUT2D eigenvalue weighted by Gasteiger charge is -2.06. The maximum absolute atomic E-state index is 5.46. The highest BCUT2D eigenvalue weighted by molar-refractivity contribution is 5.20. The van der Waals surface area contributed by atoms with Gasteiger partial charge >= 0.3 is 0 Å². The van der Waals surface area contributed by atoms with Gasteiger partial charge in [-0.2, -0.15) is 0 Å². The van der Waals surface area contributed by atoms with Crippen LogP contribution < -0.4 is 10.5 Å². The zero-order chi connectivity index (χ0) is 10.4. The van der Waals surface area contributed by atoms with E-state index in [4.69, 9.17) is 10.5 Å². The van der Waals surface area contributed by atoms with Crippen LogP contribution in [0.25, 0.3) is 0 Å². The first-order valence-corrected chi connectivity index (χ1v) is 4.70. The third kappa shape index (κ3) is 3.18. The van der Waals surface area contributed by atoms with E-state index in [1.165, 1.54) is 0 Å². The molecule has 0 aliphatic heterocycles. The van der Waals surface area contributed by atoms with Crippen LogP contribution in [0.1, 0.15) is 19.0 Å². The minimum Gasteiger partial charge on any atom is -0.488 e.